The molecule has 2 aromatic carbocycles. The number of aromatic nitrogens is 1. The van der Waals surface area contributed by atoms with Crippen LogP contribution in [0.1, 0.15) is 48.8 Å². The minimum absolute atomic E-state index is 0.00218. The Balaban J connectivity index is 1.38. The van der Waals surface area contributed by atoms with Crippen molar-refractivity contribution in [3.63, 3.8) is 0 Å². The number of ether oxygens (including phenoxy) is 2. The summed E-state index contributed by atoms with van der Waals surface area (Å²) in [6, 6.07) is 16.0. The zero-order valence-electron chi connectivity index (χ0n) is 22.6. The fraction of sp³-hybridized carbons (Fsp3) is 0.379. The van der Waals surface area contributed by atoms with Crippen LogP contribution in [-0.2, 0) is 16.1 Å². The van der Waals surface area contributed by atoms with E-state index in [1.807, 2.05) is 37.3 Å². The lowest BCUT2D eigenvalue weighted by molar-refractivity contribution is -0.135. The Labute approximate surface area is 227 Å². The van der Waals surface area contributed by atoms with Crippen LogP contribution in [0.3, 0.4) is 0 Å². The van der Waals surface area contributed by atoms with E-state index < -0.39 is 29.6 Å². The van der Waals surface area contributed by atoms with E-state index in [9.17, 15) is 19.6 Å². The molecule has 0 bridgehead atoms. The lowest BCUT2D eigenvalue weighted by Gasteiger charge is -2.38. The summed E-state index contributed by atoms with van der Waals surface area (Å²) in [5, 5.41) is 13.1. The first kappa shape index (κ1) is 27.8. The topological polar surface area (TPSA) is 130 Å². The highest BCUT2D eigenvalue weighted by atomic mass is 16.6. The molecule has 0 spiro atoms. The van der Waals surface area contributed by atoms with Crippen molar-refractivity contribution in [1.29, 1.82) is 0 Å². The van der Waals surface area contributed by atoms with Crippen LogP contribution >= 0.6 is 0 Å². The van der Waals surface area contributed by atoms with Gasteiger partial charge in [0.1, 0.15) is 18.0 Å². The van der Waals surface area contributed by atoms with E-state index in [1.54, 1.807) is 50.5 Å². The number of hydroxylamine groups is 1. The Morgan fingerprint density at radius 1 is 1.10 bits per heavy atom. The molecule has 0 aliphatic carbocycles. The van der Waals surface area contributed by atoms with Gasteiger partial charge in [-0.15, -0.1) is 0 Å². The van der Waals surface area contributed by atoms with Crippen molar-refractivity contribution >= 4 is 28.8 Å². The van der Waals surface area contributed by atoms with Crippen LogP contribution in [0.2, 0.25) is 0 Å². The van der Waals surface area contributed by atoms with Gasteiger partial charge in [-0.25, -0.2) is 10.3 Å². The lowest BCUT2D eigenvalue weighted by Crippen LogP contribution is -2.57. The molecule has 10 nitrogen and oxygen atoms in total. The number of amides is 3. The van der Waals surface area contributed by atoms with Gasteiger partial charge in [0.05, 0.1) is 11.4 Å². The van der Waals surface area contributed by atoms with Gasteiger partial charge < -0.3 is 19.7 Å². The van der Waals surface area contributed by atoms with Gasteiger partial charge in [-0.1, -0.05) is 18.2 Å². The molecule has 1 aliphatic heterocycles. The van der Waals surface area contributed by atoms with E-state index in [0.717, 1.165) is 22.2 Å². The summed E-state index contributed by atoms with van der Waals surface area (Å²) in [7, 11) is 0. The van der Waals surface area contributed by atoms with Crippen molar-refractivity contribution in [2.24, 2.45) is 5.92 Å². The van der Waals surface area contributed by atoms with Crippen LogP contribution in [0.5, 0.6) is 5.75 Å². The summed E-state index contributed by atoms with van der Waals surface area (Å²) >= 11 is 0. The van der Waals surface area contributed by atoms with Crippen LogP contribution in [0.25, 0.3) is 10.9 Å². The molecular formula is C29H34N4O6. The zero-order valence-corrected chi connectivity index (χ0v) is 22.6. The first-order valence-electron chi connectivity index (χ1n) is 12.8. The summed E-state index contributed by atoms with van der Waals surface area (Å²) in [6.07, 6.45) is -0.225. The molecule has 1 aliphatic rings. The van der Waals surface area contributed by atoms with Gasteiger partial charge in [-0.2, -0.15) is 0 Å². The summed E-state index contributed by atoms with van der Waals surface area (Å²) < 4.78 is 11.4. The van der Waals surface area contributed by atoms with E-state index in [2.05, 4.69) is 10.3 Å². The molecule has 2 unspecified atom stereocenters. The molecule has 2 atom stereocenters. The van der Waals surface area contributed by atoms with Crippen LogP contribution in [0.15, 0.2) is 54.6 Å². The van der Waals surface area contributed by atoms with E-state index in [4.69, 9.17) is 9.47 Å². The number of rotatable bonds is 6. The van der Waals surface area contributed by atoms with E-state index in [1.165, 1.54) is 4.90 Å². The molecule has 0 radical (unpaired) electrons. The van der Waals surface area contributed by atoms with Gasteiger partial charge >= 0.3 is 6.09 Å². The SMILES string of the molecule is Cc1cc(COc2ccc(C(=O)NC3CCN(C(=O)OC(C)(C)C)CC3C(=O)NO)cc2)c2ccccc2n1. The third-order valence-electron chi connectivity index (χ3n) is 6.47. The van der Waals surface area contributed by atoms with Crippen molar-refractivity contribution in [1.82, 2.24) is 20.7 Å². The first-order valence-corrected chi connectivity index (χ1v) is 12.8. The maximum atomic E-state index is 13.0. The fourth-order valence-electron chi connectivity index (χ4n) is 4.60. The molecule has 3 amide bonds. The number of nitrogens with one attached hydrogen (secondary N) is 2. The Bertz CT molecular complexity index is 1350. The van der Waals surface area contributed by atoms with Gasteiger partial charge in [0.2, 0.25) is 5.91 Å². The van der Waals surface area contributed by atoms with Crippen LogP contribution in [0, 0.1) is 12.8 Å². The summed E-state index contributed by atoms with van der Waals surface area (Å²) in [6.45, 7) is 7.87. The summed E-state index contributed by atoms with van der Waals surface area (Å²) in [5.74, 6) is -1.30. The smallest absolute Gasteiger partial charge is 0.410 e. The predicted octanol–water partition coefficient (Wildman–Crippen LogP) is 3.98. The van der Waals surface area contributed by atoms with Crippen molar-refractivity contribution in [2.75, 3.05) is 13.1 Å². The molecule has 4 rings (SSSR count). The number of carbonyl (C=O) groups excluding carboxylic acids is 3. The number of hydrogen-bond donors (Lipinski definition) is 3. The minimum Gasteiger partial charge on any atom is -0.489 e. The molecule has 0 saturated carbocycles. The maximum Gasteiger partial charge on any atom is 0.410 e. The second-order valence-electron chi connectivity index (χ2n) is 10.6. The molecule has 1 aromatic heterocycles. The third-order valence-corrected chi connectivity index (χ3v) is 6.47. The highest BCUT2D eigenvalue weighted by Gasteiger charge is 2.38. The lowest BCUT2D eigenvalue weighted by atomic mass is 9.91. The molecule has 1 saturated heterocycles. The van der Waals surface area contributed by atoms with Crippen LogP contribution in [0.4, 0.5) is 4.79 Å². The average molecular weight is 535 g/mol. The fourth-order valence-corrected chi connectivity index (χ4v) is 4.60. The summed E-state index contributed by atoms with van der Waals surface area (Å²) in [5.41, 5.74) is 4.19. The zero-order chi connectivity index (χ0) is 28.2. The minimum atomic E-state index is -0.846. The van der Waals surface area contributed by atoms with Crippen molar-refractivity contribution in [3.05, 3.63) is 71.4 Å². The molecule has 2 heterocycles. The quantitative estimate of drug-likeness (QED) is 0.322. The van der Waals surface area contributed by atoms with E-state index in [0.29, 0.717) is 30.9 Å². The number of aryl methyl sites for hydroxylation is 1. The van der Waals surface area contributed by atoms with Gasteiger partial charge in [0.25, 0.3) is 5.91 Å². The second kappa shape index (κ2) is 11.7. The number of piperidine rings is 1. The van der Waals surface area contributed by atoms with Gasteiger partial charge in [0, 0.05) is 41.3 Å². The summed E-state index contributed by atoms with van der Waals surface area (Å²) in [4.78, 5) is 43.8. The number of para-hydroxylation sites is 1. The number of carbonyl (C=O) groups is 3. The normalized spacial score (nSPS) is 17.4. The molecule has 3 aromatic rings. The largest absolute Gasteiger partial charge is 0.489 e. The van der Waals surface area contributed by atoms with Crippen molar-refractivity contribution < 1.29 is 29.1 Å². The Kier molecular flexibility index (Phi) is 8.35. The number of pyridine rings is 1. The molecule has 206 valence electrons. The second-order valence-corrected chi connectivity index (χ2v) is 10.6. The highest BCUT2D eigenvalue weighted by Crippen LogP contribution is 2.23. The standard InChI is InChI=1S/C29H34N4O6/c1-18-15-20(22-7-5-6-8-24(22)30-18)17-38-21-11-9-19(10-12-21)26(34)31-25-13-14-33(16-23(25)27(35)32-37)28(36)39-29(2,3)4/h5-12,15,23,25,37H,13-14,16-17H2,1-4H3,(H,31,34)(H,32,35). The number of benzene rings is 2. The maximum absolute atomic E-state index is 13.0. The first-order chi connectivity index (χ1) is 18.5. The average Bonchev–Trinajstić information content (AvgIpc) is 2.90. The van der Waals surface area contributed by atoms with E-state index >= 15 is 0 Å². The predicted molar refractivity (Wildman–Crippen MR) is 144 cm³/mol. The van der Waals surface area contributed by atoms with Gasteiger partial charge in [0.15, 0.2) is 0 Å². The molecule has 10 heteroatoms. The number of likely N-dealkylation sites (tertiary alicyclic amines) is 1. The number of hydrogen-bond acceptors (Lipinski definition) is 7. The Morgan fingerprint density at radius 2 is 1.82 bits per heavy atom. The number of nitrogens with zero attached hydrogens (tertiary/aromatic N) is 2. The Hall–Kier alpha value is -4.18. The monoisotopic (exact) mass is 534 g/mol. The highest BCUT2D eigenvalue weighted by molar-refractivity contribution is 5.95. The molecule has 39 heavy (non-hydrogen) atoms. The van der Waals surface area contributed by atoms with Gasteiger partial charge in [-0.3, -0.25) is 19.8 Å². The molecular weight excluding hydrogens is 500 g/mol. The van der Waals surface area contributed by atoms with Crippen molar-refractivity contribution in [2.45, 2.75) is 52.4 Å². The molecule has 1 fully saturated rings. The van der Waals surface area contributed by atoms with Gasteiger partial charge in [-0.05, 0) is 70.5 Å². The van der Waals surface area contributed by atoms with Crippen LogP contribution in [-0.4, -0.2) is 57.7 Å². The third kappa shape index (κ3) is 7.02. The molecule has 3 N–H and O–H groups in total. The number of fused-ring (bicyclic) bond motifs is 1. The Morgan fingerprint density at radius 3 is 2.51 bits per heavy atom. The van der Waals surface area contributed by atoms with E-state index in [-0.39, 0.29) is 12.5 Å². The van der Waals surface area contributed by atoms with Crippen molar-refractivity contribution in [3.8, 4) is 5.75 Å². The van der Waals surface area contributed by atoms with Crippen LogP contribution < -0.4 is 15.5 Å².